The van der Waals surface area contributed by atoms with Gasteiger partial charge in [-0.3, -0.25) is 9.59 Å². The molecular formula is C26H42O2. The van der Waals surface area contributed by atoms with E-state index in [1.807, 2.05) is 13.8 Å². The fourth-order valence-corrected chi connectivity index (χ4v) is 5.89. The fraction of sp³-hybridized carbons (Fsp3) is 0.769. The van der Waals surface area contributed by atoms with E-state index in [4.69, 9.17) is 0 Å². The zero-order valence-corrected chi connectivity index (χ0v) is 19.7. The zero-order chi connectivity index (χ0) is 21.4. The first kappa shape index (κ1) is 23.1. The third kappa shape index (κ3) is 4.07. The quantitative estimate of drug-likeness (QED) is 0.371. The van der Waals surface area contributed by atoms with Gasteiger partial charge in [-0.15, -0.1) is 0 Å². The normalized spacial score (nSPS) is 35.6. The number of Topliss-reactive ketones (excluding diaryl/α,β-unsaturated/α-hetero) is 2. The van der Waals surface area contributed by atoms with Crippen molar-refractivity contribution in [2.75, 3.05) is 0 Å². The van der Waals surface area contributed by atoms with Crippen molar-refractivity contribution in [3.05, 3.63) is 23.3 Å². The van der Waals surface area contributed by atoms with Crippen molar-refractivity contribution in [1.29, 1.82) is 0 Å². The summed E-state index contributed by atoms with van der Waals surface area (Å²) in [5.41, 5.74) is 1.23. The van der Waals surface area contributed by atoms with Crippen LogP contribution in [0.3, 0.4) is 0 Å². The van der Waals surface area contributed by atoms with Gasteiger partial charge in [-0.1, -0.05) is 66.2 Å². The summed E-state index contributed by atoms with van der Waals surface area (Å²) in [7, 11) is 0. The molecule has 0 aliphatic heterocycles. The van der Waals surface area contributed by atoms with Gasteiger partial charge in [-0.2, -0.15) is 0 Å². The van der Waals surface area contributed by atoms with Crippen LogP contribution < -0.4 is 0 Å². The van der Waals surface area contributed by atoms with E-state index >= 15 is 0 Å². The van der Waals surface area contributed by atoms with Crippen molar-refractivity contribution in [1.82, 2.24) is 0 Å². The van der Waals surface area contributed by atoms with Gasteiger partial charge < -0.3 is 0 Å². The molecule has 2 rings (SSSR count). The molecule has 2 aliphatic carbocycles. The van der Waals surface area contributed by atoms with Crippen molar-refractivity contribution in [3.8, 4) is 0 Å². The van der Waals surface area contributed by atoms with E-state index in [0.29, 0.717) is 29.2 Å². The minimum absolute atomic E-state index is 0.0301. The Balaban J connectivity index is 2.65. The Morgan fingerprint density at radius 3 is 2.29 bits per heavy atom. The zero-order valence-electron chi connectivity index (χ0n) is 19.7. The number of carbonyl (C=O) groups is 2. The molecule has 0 aromatic carbocycles. The van der Waals surface area contributed by atoms with Crippen LogP contribution in [0.2, 0.25) is 0 Å². The van der Waals surface area contributed by atoms with Gasteiger partial charge in [0.15, 0.2) is 11.6 Å². The number of fused-ring (bicyclic) bond motifs is 1. The number of rotatable bonds is 6. The molecule has 5 atom stereocenters. The Bertz CT molecular complexity index is 677. The standard InChI is InChI=1S/C26H42O2/c1-10-26(12-11-16(2)3)15-22-19(8)20(17(4)5)13-25(22,9)14-21(24(26)28)23(27)18(6)7/h11,14,17-20,22H,10,12-13,15H2,1-9H3/t19-,20?,22?,25+,26?/m1/s1. The Kier molecular flexibility index (Phi) is 6.83. The Morgan fingerprint density at radius 2 is 1.82 bits per heavy atom. The van der Waals surface area contributed by atoms with Crippen LogP contribution >= 0.6 is 0 Å². The molecule has 0 bridgehead atoms. The van der Waals surface area contributed by atoms with Crippen LogP contribution in [0.15, 0.2) is 23.3 Å². The van der Waals surface area contributed by atoms with Crippen molar-refractivity contribution >= 4 is 11.6 Å². The van der Waals surface area contributed by atoms with Gasteiger partial charge in [-0.25, -0.2) is 0 Å². The van der Waals surface area contributed by atoms with Gasteiger partial charge in [0.2, 0.25) is 0 Å². The molecule has 0 saturated heterocycles. The van der Waals surface area contributed by atoms with Crippen LogP contribution in [0, 0.1) is 40.4 Å². The third-order valence-corrected chi connectivity index (χ3v) is 7.87. The number of ketones is 2. The average Bonchev–Trinajstić information content (AvgIpc) is 2.80. The third-order valence-electron chi connectivity index (χ3n) is 7.87. The molecule has 1 fully saturated rings. The minimum Gasteiger partial charge on any atom is -0.294 e. The van der Waals surface area contributed by atoms with E-state index in [1.54, 1.807) is 0 Å². The van der Waals surface area contributed by atoms with Crippen molar-refractivity contribution < 1.29 is 9.59 Å². The Labute approximate surface area is 173 Å². The molecule has 2 nitrogen and oxygen atoms in total. The summed E-state index contributed by atoms with van der Waals surface area (Å²) in [6, 6.07) is 0. The number of carbonyl (C=O) groups excluding carboxylic acids is 2. The predicted octanol–water partition coefficient (Wildman–Crippen LogP) is 6.80. The SMILES string of the molecule is CCC1(CC=C(C)C)CC2[C@H](C)C(C(C)C)C[C@@]2(C)C=C(C(=O)C(C)C)C1=O. The molecule has 0 heterocycles. The summed E-state index contributed by atoms with van der Waals surface area (Å²) < 4.78 is 0. The summed E-state index contributed by atoms with van der Waals surface area (Å²) in [4.78, 5) is 27.0. The highest BCUT2D eigenvalue weighted by molar-refractivity contribution is 6.22. The highest BCUT2D eigenvalue weighted by Gasteiger charge is 2.55. The summed E-state index contributed by atoms with van der Waals surface area (Å²) in [5, 5.41) is 0. The van der Waals surface area contributed by atoms with Crippen LogP contribution in [0.1, 0.15) is 88.0 Å². The summed E-state index contributed by atoms with van der Waals surface area (Å²) in [5.74, 6) is 2.28. The van der Waals surface area contributed by atoms with Gasteiger partial charge in [0.1, 0.15) is 0 Å². The first-order chi connectivity index (χ1) is 12.9. The topological polar surface area (TPSA) is 34.1 Å². The molecule has 0 aromatic rings. The van der Waals surface area contributed by atoms with E-state index in [-0.39, 0.29) is 22.9 Å². The molecule has 0 aromatic heterocycles. The van der Waals surface area contributed by atoms with E-state index < -0.39 is 5.41 Å². The lowest BCUT2D eigenvalue weighted by Gasteiger charge is -2.37. The maximum atomic E-state index is 13.8. The Hall–Kier alpha value is -1.18. The van der Waals surface area contributed by atoms with Crippen LogP contribution in [-0.2, 0) is 9.59 Å². The second-order valence-electron chi connectivity index (χ2n) is 10.8. The minimum atomic E-state index is -0.448. The molecule has 2 heteroatoms. The second-order valence-corrected chi connectivity index (χ2v) is 10.8. The molecule has 3 unspecified atom stereocenters. The van der Waals surface area contributed by atoms with Gasteiger partial charge in [0.25, 0.3) is 0 Å². The van der Waals surface area contributed by atoms with Crippen molar-refractivity contribution in [3.63, 3.8) is 0 Å². The molecule has 0 spiro atoms. The first-order valence-electron chi connectivity index (χ1n) is 11.3. The predicted molar refractivity (Wildman–Crippen MR) is 118 cm³/mol. The summed E-state index contributed by atoms with van der Waals surface area (Å²) >= 11 is 0. The average molecular weight is 387 g/mol. The monoisotopic (exact) mass is 386 g/mol. The smallest absolute Gasteiger partial charge is 0.172 e. The lowest BCUT2D eigenvalue weighted by atomic mass is 9.66. The highest BCUT2D eigenvalue weighted by atomic mass is 16.2. The fourth-order valence-electron chi connectivity index (χ4n) is 5.89. The second kappa shape index (κ2) is 8.28. The molecule has 2 aliphatic rings. The molecule has 1 saturated carbocycles. The molecular weight excluding hydrogens is 344 g/mol. The molecule has 0 amide bonds. The van der Waals surface area contributed by atoms with Crippen molar-refractivity contribution in [2.24, 2.45) is 40.4 Å². The molecule has 0 radical (unpaired) electrons. The van der Waals surface area contributed by atoms with E-state index in [9.17, 15) is 9.59 Å². The van der Waals surface area contributed by atoms with Crippen LogP contribution in [0.4, 0.5) is 0 Å². The highest BCUT2D eigenvalue weighted by Crippen LogP contribution is 2.60. The maximum Gasteiger partial charge on any atom is 0.172 e. The van der Waals surface area contributed by atoms with Crippen LogP contribution in [0.25, 0.3) is 0 Å². The lowest BCUT2D eigenvalue weighted by Crippen LogP contribution is -2.36. The first-order valence-corrected chi connectivity index (χ1v) is 11.3. The Morgan fingerprint density at radius 1 is 1.21 bits per heavy atom. The molecule has 158 valence electrons. The summed E-state index contributed by atoms with van der Waals surface area (Å²) in [6.07, 6.45) is 7.87. The van der Waals surface area contributed by atoms with Crippen LogP contribution in [-0.4, -0.2) is 11.6 Å². The van der Waals surface area contributed by atoms with Gasteiger partial charge in [-0.05, 0) is 68.6 Å². The summed E-state index contributed by atoms with van der Waals surface area (Å²) in [6.45, 7) is 19.5. The van der Waals surface area contributed by atoms with Gasteiger partial charge in [0.05, 0.1) is 5.57 Å². The van der Waals surface area contributed by atoms with Crippen molar-refractivity contribution in [2.45, 2.75) is 88.0 Å². The van der Waals surface area contributed by atoms with Gasteiger partial charge in [0, 0.05) is 11.3 Å². The van der Waals surface area contributed by atoms with Crippen LogP contribution in [0.5, 0.6) is 0 Å². The van der Waals surface area contributed by atoms with Gasteiger partial charge >= 0.3 is 0 Å². The number of hydrogen-bond donors (Lipinski definition) is 0. The molecule has 28 heavy (non-hydrogen) atoms. The van der Waals surface area contributed by atoms with E-state index in [0.717, 1.165) is 25.7 Å². The molecule has 0 N–H and O–H groups in total. The van der Waals surface area contributed by atoms with E-state index in [1.165, 1.54) is 5.57 Å². The lowest BCUT2D eigenvalue weighted by molar-refractivity contribution is -0.129. The van der Waals surface area contributed by atoms with E-state index in [2.05, 4.69) is 60.6 Å². The number of hydrogen-bond acceptors (Lipinski definition) is 2. The largest absolute Gasteiger partial charge is 0.294 e. The number of allylic oxidation sites excluding steroid dienone is 4. The maximum absolute atomic E-state index is 13.8.